The lowest BCUT2D eigenvalue weighted by molar-refractivity contribution is 0.0425. The zero-order chi connectivity index (χ0) is 17.1. The van der Waals surface area contributed by atoms with Gasteiger partial charge in [-0.3, -0.25) is 0 Å². The number of nitrogens with zero attached hydrogens (tertiary/aromatic N) is 1. The zero-order valence-electron chi connectivity index (χ0n) is 13.8. The maximum Gasteiger partial charge on any atom is 0.408 e. The van der Waals surface area contributed by atoms with Crippen molar-refractivity contribution in [3.05, 3.63) is 28.0 Å². The Hall–Kier alpha value is -1.18. The van der Waals surface area contributed by atoms with Crippen LogP contribution in [0.4, 0.5) is 4.79 Å². The van der Waals surface area contributed by atoms with Gasteiger partial charge in [-0.25, -0.2) is 9.78 Å². The third kappa shape index (κ3) is 4.65. The van der Waals surface area contributed by atoms with Crippen molar-refractivity contribution in [3.8, 4) is 0 Å². The molecule has 1 aromatic heterocycles. The third-order valence-electron chi connectivity index (χ3n) is 3.69. The van der Waals surface area contributed by atoms with Crippen LogP contribution in [0.15, 0.2) is 16.7 Å². The summed E-state index contributed by atoms with van der Waals surface area (Å²) >= 11 is 3.37. The number of pyridine rings is 1. The Kier molecular flexibility index (Phi) is 5.65. The Balaban J connectivity index is 2.36. The second-order valence-electron chi connectivity index (χ2n) is 6.79. The first-order chi connectivity index (χ1) is 10.8. The molecule has 1 aliphatic rings. The first kappa shape index (κ1) is 18.2. The molecule has 2 rings (SSSR count). The summed E-state index contributed by atoms with van der Waals surface area (Å²) < 4.78 is 6.08. The molecule has 0 aromatic carbocycles. The van der Waals surface area contributed by atoms with Gasteiger partial charge in [-0.15, -0.1) is 0 Å². The molecule has 7 heteroatoms. The summed E-state index contributed by atoms with van der Waals surface area (Å²) in [7, 11) is 0. The number of aliphatic hydroxyl groups is 1. The van der Waals surface area contributed by atoms with E-state index in [1.54, 1.807) is 6.07 Å². The van der Waals surface area contributed by atoms with Crippen LogP contribution >= 0.6 is 15.9 Å². The minimum absolute atomic E-state index is 0.132. The maximum absolute atomic E-state index is 12.3. The number of carbonyl (C=O) groups is 1. The third-order valence-corrected chi connectivity index (χ3v) is 4.13. The van der Waals surface area contributed by atoms with E-state index in [1.165, 1.54) is 0 Å². The van der Waals surface area contributed by atoms with Crippen LogP contribution < -0.4 is 10.6 Å². The van der Waals surface area contributed by atoms with Crippen molar-refractivity contribution >= 4 is 22.0 Å². The highest BCUT2D eigenvalue weighted by Gasteiger charge is 2.39. The lowest BCUT2D eigenvalue weighted by atomic mass is 9.84. The van der Waals surface area contributed by atoms with Gasteiger partial charge in [-0.1, -0.05) is 6.07 Å². The summed E-state index contributed by atoms with van der Waals surface area (Å²) in [5, 5.41) is 16.0. The van der Waals surface area contributed by atoms with Crippen molar-refractivity contribution in [2.24, 2.45) is 0 Å². The SMILES string of the molecule is CC(C)(C)OC(=O)N[C@@]1(c2nc(Br)ccc2CO)CCCNC1. The fourth-order valence-electron chi connectivity index (χ4n) is 2.78. The first-order valence-electron chi connectivity index (χ1n) is 7.74. The van der Waals surface area contributed by atoms with Crippen molar-refractivity contribution in [3.63, 3.8) is 0 Å². The Morgan fingerprint density at radius 1 is 1.52 bits per heavy atom. The Labute approximate surface area is 145 Å². The molecule has 128 valence electrons. The highest BCUT2D eigenvalue weighted by atomic mass is 79.9. The van der Waals surface area contributed by atoms with E-state index < -0.39 is 17.2 Å². The molecule has 23 heavy (non-hydrogen) atoms. The monoisotopic (exact) mass is 385 g/mol. The second-order valence-corrected chi connectivity index (χ2v) is 7.60. The van der Waals surface area contributed by atoms with Crippen molar-refractivity contribution in [2.45, 2.75) is 51.4 Å². The molecule has 1 aromatic rings. The lowest BCUT2D eigenvalue weighted by Gasteiger charge is -2.39. The molecule has 2 heterocycles. The predicted octanol–water partition coefficient (Wildman–Crippen LogP) is 2.44. The molecular weight excluding hydrogens is 362 g/mol. The molecule has 1 atom stereocenters. The van der Waals surface area contributed by atoms with Crippen molar-refractivity contribution in [2.75, 3.05) is 13.1 Å². The van der Waals surface area contributed by atoms with Crippen molar-refractivity contribution in [1.82, 2.24) is 15.6 Å². The van der Waals surface area contributed by atoms with Crippen LogP contribution in [0, 0.1) is 0 Å². The van der Waals surface area contributed by atoms with E-state index in [9.17, 15) is 9.90 Å². The van der Waals surface area contributed by atoms with Gasteiger partial charge >= 0.3 is 6.09 Å². The number of amides is 1. The van der Waals surface area contributed by atoms with Crippen LogP contribution in [-0.2, 0) is 16.9 Å². The van der Waals surface area contributed by atoms with E-state index in [0.717, 1.165) is 19.4 Å². The summed E-state index contributed by atoms with van der Waals surface area (Å²) in [5.74, 6) is 0. The number of hydrogen-bond donors (Lipinski definition) is 3. The molecule has 1 aliphatic heterocycles. The average Bonchev–Trinajstić information content (AvgIpc) is 2.46. The van der Waals surface area contributed by atoms with E-state index in [4.69, 9.17) is 4.74 Å². The van der Waals surface area contributed by atoms with E-state index in [2.05, 4.69) is 31.5 Å². The van der Waals surface area contributed by atoms with Gasteiger partial charge in [-0.05, 0) is 62.2 Å². The molecule has 1 amide bonds. The lowest BCUT2D eigenvalue weighted by Crippen LogP contribution is -2.56. The summed E-state index contributed by atoms with van der Waals surface area (Å²) in [6.45, 7) is 6.79. The number of aromatic nitrogens is 1. The van der Waals surface area contributed by atoms with Gasteiger partial charge in [0, 0.05) is 12.1 Å². The van der Waals surface area contributed by atoms with E-state index in [-0.39, 0.29) is 6.61 Å². The van der Waals surface area contributed by atoms with Crippen LogP contribution in [0.2, 0.25) is 0 Å². The molecule has 1 saturated heterocycles. The molecule has 0 radical (unpaired) electrons. The topological polar surface area (TPSA) is 83.5 Å². The highest BCUT2D eigenvalue weighted by Crippen LogP contribution is 2.31. The maximum atomic E-state index is 12.3. The first-order valence-corrected chi connectivity index (χ1v) is 8.54. The number of piperidine rings is 1. The van der Waals surface area contributed by atoms with Crippen LogP contribution in [-0.4, -0.2) is 34.9 Å². The van der Waals surface area contributed by atoms with Gasteiger partial charge < -0.3 is 20.5 Å². The number of alkyl carbamates (subject to hydrolysis) is 1. The quantitative estimate of drug-likeness (QED) is 0.695. The zero-order valence-corrected chi connectivity index (χ0v) is 15.4. The van der Waals surface area contributed by atoms with E-state index >= 15 is 0 Å². The number of rotatable bonds is 3. The molecule has 0 saturated carbocycles. The number of hydrogen-bond acceptors (Lipinski definition) is 5. The minimum Gasteiger partial charge on any atom is -0.444 e. The van der Waals surface area contributed by atoms with Gasteiger partial charge in [-0.2, -0.15) is 0 Å². The summed E-state index contributed by atoms with van der Waals surface area (Å²) in [4.78, 5) is 16.9. The number of ether oxygens (including phenoxy) is 1. The van der Waals surface area contributed by atoms with Crippen LogP contribution in [0.3, 0.4) is 0 Å². The van der Waals surface area contributed by atoms with Crippen LogP contribution in [0.25, 0.3) is 0 Å². The largest absolute Gasteiger partial charge is 0.444 e. The van der Waals surface area contributed by atoms with Gasteiger partial charge in [0.2, 0.25) is 0 Å². The van der Waals surface area contributed by atoms with Gasteiger partial charge in [0.05, 0.1) is 17.8 Å². The molecule has 6 nitrogen and oxygen atoms in total. The number of carbonyl (C=O) groups excluding carboxylic acids is 1. The van der Waals surface area contributed by atoms with Crippen LogP contribution in [0.5, 0.6) is 0 Å². The van der Waals surface area contributed by atoms with Crippen molar-refractivity contribution in [1.29, 1.82) is 0 Å². The molecule has 0 unspecified atom stereocenters. The Morgan fingerprint density at radius 2 is 2.26 bits per heavy atom. The predicted molar refractivity (Wildman–Crippen MR) is 91.0 cm³/mol. The number of aliphatic hydroxyl groups excluding tert-OH is 1. The summed E-state index contributed by atoms with van der Waals surface area (Å²) in [6, 6.07) is 3.60. The average molecular weight is 386 g/mol. The van der Waals surface area contributed by atoms with Gasteiger partial charge in [0.15, 0.2) is 0 Å². The molecule has 0 aliphatic carbocycles. The molecular formula is C16H24BrN3O3. The minimum atomic E-state index is -0.692. The van der Waals surface area contributed by atoms with Gasteiger partial charge in [0.25, 0.3) is 0 Å². The number of halogens is 1. The molecule has 0 bridgehead atoms. The van der Waals surface area contributed by atoms with Crippen LogP contribution in [0.1, 0.15) is 44.9 Å². The smallest absolute Gasteiger partial charge is 0.408 e. The van der Waals surface area contributed by atoms with Gasteiger partial charge in [0.1, 0.15) is 10.2 Å². The molecule has 0 spiro atoms. The fourth-order valence-corrected chi connectivity index (χ4v) is 3.09. The Morgan fingerprint density at radius 3 is 2.83 bits per heavy atom. The molecule has 1 fully saturated rings. The highest BCUT2D eigenvalue weighted by molar-refractivity contribution is 9.10. The standard InChI is InChI=1S/C16H24BrN3O3/c1-15(2,3)23-14(22)20-16(7-4-8-18-10-16)13-11(9-21)5-6-12(17)19-13/h5-6,18,21H,4,7-10H2,1-3H3,(H,20,22)/t16-/m0/s1. The number of nitrogens with one attached hydrogen (secondary N) is 2. The van der Waals surface area contributed by atoms with Crippen molar-refractivity contribution < 1.29 is 14.6 Å². The van der Waals surface area contributed by atoms with E-state index in [1.807, 2.05) is 26.8 Å². The normalized spacial score (nSPS) is 21.8. The summed E-state index contributed by atoms with van der Waals surface area (Å²) in [6.07, 6.45) is 1.15. The summed E-state index contributed by atoms with van der Waals surface area (Å²) in [5.41, 5.74) is 0.112. The second kappa shape index (κ2) is 7.15. The van der Waals surface area contributed by atoms with E-state index in [0.29, 0.717) is 22.4 Å². The fraction of sp³-hybridized carbons (Fsp3) is 0.625. The Bertz CT molecular complexity index is 566. The molecule has 3 N–H and O–H groups in total.